The molecule has 4 heteroatoms. The predicted octanol–water partition coefficient (Wildman–Crippen LogP) is 3.01. The largest absolute Gasteiger partial charge is 0.378 e. The first-order valence-corrected chi connectivity index (χ1v) is 8.00. The van der Waals surface area contributed by atoms with Crippen LogP contribution in [0, 0.1) is 6.92 Å². The highest BCUT2D eigenvalue weighted by atomic mass is 16.5. The van der Waals surface area contributed by atoms with Gasteiger partial charge in [0, 0.05) is 24.8 Å². The number of benzene rings is 1. The number of rotatable bonds is 5. The van der Waals surface area contributed by atoms with Gasteiger partial charge in [-0.2, -0.15) is 0 Å². The molecular formula is C18H23N3O. The molecule has 0 radical (unpaired) electrons. The lowest BCUT2D eigenvalue weighted by Crippen LogP contribution is -2.37. The van der Waals surface area contributed by atoms with Crippen molar-refractivity contribution in [2.24, 2.45) is 0 Å². The van der Waals surface area contributed by atoms with E-state index in [1.165, 1.54) is 5.56 Å². The van der Waals surface area contributed by atoms with E-state index in [0.29, 0.717) is 6.10 Å². The number of ether oxygens (including phenoxy) is 1. The maximum Gasteiger partial charge on any atom is 0.132 e. The normalized spacial score (nSPS) is 16.0. The van der Waals surface area contributed by atoms with E-state index in [1.807, 2.05) is 6.92 Å². The Morgan fingerprint density at radius 2 is 1.91 bits per heavy atom. The molecule has 116 valence electrons. The number of nitrogens with zero attached hydrogens (tertiary/aromatic N) is 3. The van der Waals surface area contributed by atoms with Crippen LogP contribution in [-0.2, 0) is 11.2 Å². The van der Waals surface area contributed by atoms with E-state index in [0.717, 1.165) is 50.5 Å². The highest BCUT2D eigenvalue weighted by Gasteiger charge is 2.20. The van der Waals surface area contributed by atoms with Gasteiger partial charge in [0.25, 0.3) is 0 Å². The second kappa shape index (κ2) is 7.36. The van der Waals surface area contributed by atoms with E-state index in [9.17, 15) is 0 Å². The Labute approximate surface area is 132 Å². The highest BCUT2D eigenvalue weighted by Crippen LogP contribution is 2.19. The Hall–Kier alpha value is -1.94. The third-order valence-electron chi connectivity index (χ3n) is 4.14. The van der Waals surface area contributed by atoms with Crippen LogP contribution >= 0.6 is 0 Å². The summed E-state index contributed by atoms with van der Waals surface area (Å²) in [4.78, 5) is 10.8. The van der Waals surface area contributed by atoms with Gasteiger partial charge >= 0.3 is 0 Å². The van der Waals surface area contributed by atoms with Crippen LogP contribution in [-0.4, -0.2) is 35.8 Å². The van der Waals surface area contributed by atoms with Crippen molar-refractivity contribution in [3.05, 3.63) is 54.0 Å². The molecule has 1 saturated heterocycles. The van der Waals surface area contributed by atoms with Gasteiger partial charge in [-0.15, -0.1) is 0 Å². The molecule has 0 saturated carbocycles. The molecule has 0 bridgehead atoms. The molecule has 1 aliphatic rings. The van der Waals surface area contributed by atoms with E-state index in [1.54, 1.807) is 6.33 Å². The molecule has 0 atom stereocenters. The van der Waals surface area contributed by atoms with E-state index in [4.69, 9.17) is 4.74 Å². The molecule has 1 aromatic carbocycles. The zero-order chi connectivity index (χ0) is 15.2. The third kappa shape index (κ3) is 4.04. The summed E-state index contributed by atoms with van der Waals surface area (Å²) in [5, 5.41) is 0. The van der Waals surface area contributed by atoms with Crippen LogP contribution in [0.5, 0.6) is 0 Å². The van der Waals surface area contributed by atoms with E-state index in [-0.39, 0.29) is 0 Å². The summed E-state index contributed by atoms with van der Waals surface area (Å²) in [6.07, 6.45) is 5.15. The Morgan fingerprint density at radius 3 is 2.64 bits per heavy atom. The van der Waals surface area contributed by atoms with Crippen molar-refractivity contribution in [2.75, 3.05) is 24.6 Å². The van der Waals surface area contributed by atoms with Crippen molar-refractivity contribution in [1.82, 2.24) is 9.97 Å². The standard InChI is InChI=1S/C18H23N3O/c1-15-13-18(20-14-19-15)21-10-7-17(8-11-21)22-12-9-16-5-3-2-4-6-16/h2-6,13-14,17H,7-12H2,1H3. The summed E-state index contributed by atoms with van der Waals surface area (Å²) in [6, 6.07) is 12.6. The fourth-order valence-electron chi connectivity index (χ4n) is 2.85. The molecule has 0 aliphatic carbocycles. The van der Waals surface area contributed by atoms with Gasteiger partial charge in [-0.05, 0) is 31.7 Å². The molecule has 2 heterocycles. The number of hydrogen-bond donors (Lipinski definition) is 0. The van der Waals surface area contributed by atoms with Crippen molar-refractivity contribution in [3.63, 3.8) is 0 Å². The highest BCUT2D eigenvalue weighted by molar-refractivity contribution is 5.39. The van der Waals surface area contributed by atoms with Crippen LogP contribution in [0.25, 0.3) is 0 Å². The molecule has 0 amide bonds. The summed E-state index contributed by atoms with van der Waals surface area (Å²) >= 11 is 0. The van der Waals surface area contributed by atoms with Crippen LogP contribution in [0.15, 0.2) is 42.7 Å². The van der Waals surface area contributed by atoms with Crippen molar-refractivity contribution in [3.8, 4) is 0 Å². The molecule has 22 heavy (non-hydrogen) atoms. The Kier molecular flexibility index (Phi) is 5.01. The topological polar surface area (TPSA) is 38.2 Å². The van der Waals surface area contributed by atoms with Crippen LogP contribution in [0.2, 0.25) is 0 Å². The fraction of sp³-hybridized carbons (Fsp3) is 0.444. The molecule has 1 aliphatic heterocycles. The number of anilines is 1. The van der Waals surface area contributed by atoms with Crippen molar-refractivity contribution in [2.45, 2.75) is 32.3 Å². The lowest BCUT2D eigenvalue weighted by atomic mass is 10.1. The first-order valence-electron chi connectivity index (χ1n) is 8.00. The zero-order valence-electron chi connectivity index (χ0n) is 13.1. The Morgan fingerprint density at radius 1 is 1.14 bits per heavy atom. The van der Waals surface area contributed by atoms with Gasteiger partial charge < -0.3 is 9.64 Å². The molecule has 0 N–H and O–H groups in total. The summed E-state index contributed by atoms with van der Waals surface area (Å²) in [7, 11) is 0. The molecule has 3 rings (SSSR count). The first-order chi connectivity index (χ1) is 10.8. The lowest BCUT2D eigenvalue weighted by Gasteiger charge is -2.32. The fourth-order valence-corrected chi connectivity index (χ4v) is 2.85. The second-order valence-electron chi connectivity index (χ2n) is 5.81. The zero-order valence-corrected chi connectivity index (χ0v) is 13.1. The summed E-state index contributed by atoms with van der Waals surface area (Å²) in [6.45, 7) is 4.82. The minimum Gasteiger partial charge on any atom is -0.378 e. The van der Waals surface area contributed by atoms with Gasteiger partial charge in [-0.3, -0.25) is 0 Å². The molecule has 4 nitrogen and oxygen atoms in total. The Balaban J connectivity index is 1.42. The van der Waals surface area contributed by atoms with E-state index >= 15 is 0 Å². The van der Waals surface area contributed by atoms with Gasteiger partial charge in [0.2, 0.25) is 0 Å². The Bertz CT molecular complexity index is 580. The molecule has 0 spiro atoms. The maximum atomic E-state index is 6.04. The molecule has 1 fully saturated rings. The number of aromatic nitrogens is 2. The van der Waals surface area contributed by atoms with Gasteiger partial charge in [0.15, 0.2) is 0 Å². The summed E-state index contributed by atoms with van der Waals surface area (Å²) in [5.41, 5.74) is 2.36. The third-order valence-corrected chi connectivity index (χ3v) is 4.14. The van der Waals surface area contributed by atoms with Crippen LogP contribution in [0.1, 0.15) is 24.1 Å². The van der Waals surface area contributed by atoms with Crippen LogP contribution < -0.4 is 4.90 Å². The van der Waals surface area contributed by atoms with Crippen molar-refractivity contribution >= 4 is 5.82 Å². The average Bonchev–Trinajstić information content (AvgIpc) is 2.56. The van der Waals surface area contributed by atoms with Gasteiger partial charge in [0.1, 0.15) is 12.1 Å². The SMILES string of the molecule is Cc1cc(N2CCC(OCCc3ccccc3)CC2)ncn1. The second-order valence-corrected chi connectivity index (χ2v) is 5.81. The van der Waals surface area contributed by atoms with Crippen molar-refractivity contribution in [1.29, 1.82) is 0 Å². The average molecular weight is 297 g/mol. The van der Waals surface area contributed by atoms with Crippen LogP contribution in [0.3, 0.4) is 0 Å². The predicted molar refractivity (Wildman–Crippen MR) is 88.1 cm³/mol. The quantitative estimate of drug-likeness (QED) is 0.850. The minimum absolute atomic E-state index is 0.378. The van der Waals surface area contributed by atoms with Crippen molar-refractivity contribution < 1.29 is 4.74 Å². The van der Waals surface area contributed by atoms with Gasteiger partial charge in [-0.25, -0.2) is 9.97 Å². The molecule has 0 unspecified atom stereocenters. The molecule has 1 aromatic heterocycles. The maximum absolute atomic E-state index is 6.04. The number of hydrogen-bond acceptors (Lipinski definition) is 4. The van der Waals surface area contributed by atoms with Crippen LogP contribution in [0.4, 0.5) is 5.82 Å². The van der Waals surface area contributed by atoms with E-state index < -0.39 is 0 Å². The summed E-state index contributed by atoms with van der Waals surface area (Å²) < 4.78 is 6.04. The molecular weight excluding hydrogens is 274 g/mol. The number of aryl methyl sites for hydroxylation is 1. The van der Waals surface area contributed by atoms with Gasteiger partial charge in [0.05, 0.1) is 12.7 Å². The monoisotopic (exact) mass is 297 g/mol. The van der Waals surface area contributed by atoms with Gasteiger partial charge in [-0.1, -0.05) is 30.3 Å². The lowest BCUT2D eigenvalue weighted by molar-refractivity contribution is 0.0390. The number of piperidine rings is 1. The summed E-state index contributed by atoms with van der Waals surface area (Å²) in [5.74, 6) is 1.04. The van der Waals surface area contributed by atoms with E-state index in [2.05, 4.69) is 51.3 Å². The minimum atomic E-state index is 0.378. The molecule has 2 aromatic rings. The smallest absolute Gasteiger partial charge is 0.132 e. The first kappa shape index (κ1) is 15.0.